The number of hydrogen-bond donors (Lipinski definition) is 1. The Hall–Kier alpha value is -0.840. The van der Waals surface area contributed by atoms with Crippen LogP contribution in [0.25, 0.3) is 0 Å². The highest BCUT2D eigenvalue weighted by Gasteiger charge is 2.18. The summed E-state index contributed by atoms with van der Waals surface area (Å²) in [5, 5.41) is 3.63. The second kappa shape index (κ2) is 7.25. The smallest absolute Gasteiger partial charge is 0.120 e. The van der Waals surface area contributed by atoms with Crippen LogP contribution in [-0.2, 0) is 0 Å². The Balaban J connectivity index is 2.35. The molecule has 1 atom stereocenters. The van der Waals surface area contributed by atoms with Crippen molar-refractivity contribution in [3.05, 3.63) is 50.1 Å². The molecule has 0 radical (unpaired) electrons. The van der Waals surface area contributed by atoms with Crippen molar-refractivity contribution >= 4 is 27.3 Å². The molecule has 1 aromatic heterocycles. The third-order valence-corrected chi connectivity index (χ3v) is 4.92. The monoisotopic (exact) mass is 353 g/mol. The maximum atomic E-state index is 5.27. The van der Waals surface area contributed by atoms with Crippen LogP contribution in [0.4, 0.5) is 0 Å². The van der Waals surface area contributed by atoms with E-state index in [1.54, 1.807) is 7.11 Å². The van der Waals surface area contributed by atoms with Gasteiger partial charge in [-0.1, -0.05) is 28.9 Å². The third kappa shape index (κ3) is 3.62. The first kappa shape index (κ1) is 15.5. The zero-order valence-corrected chi connectivity index (χ0v) is 14.5. The van der Waals surface area contributed by atoms with Crippen molar-refractivity contribution in [2.45, 2.75) is 26.3 Å². The lowest BCUT2D eigenvalue weighted by Crippen LogP contribution is -2.22. The summed E-state index contributed by atoms with van der Waals surface area (Å²) in [5.41, 5.74) is 1.25. The molecule has 2 rings (SSSR count). The van der Waals surface area contributed by atoms with E-state index < -0.39 is 0 Å². The molecule has 2 aromatic rings. The topological polar surface area (TPSA) is 21.3 Å². The van der Waals surface area contributed by atoms with Crippen LogP contribution in [0.1, 0.15) is 34.7 Å². The molecule has 1 N–H and O–H groups in total. The van der Waals surface area contributed by atoms with Crippen molar-refractivity contribution in [1.82, 2.24) is 5.32 Å². The molecule has 0 amide bonds. The summed E-state index contributed by atoms with van der Waals surface area (Å²) < 4.78 is 6.35. The van der Waals surface area contributed by atoms with Crippen LogP contribution in [-0.4, -0.2) is 13.7 Å². The molecule has 0 aliphatic heterocycles. The molecule has 2 nitrogen and oxygen atoms in total. The van der Waals surface area contributed by atoms with Gasteiger partial charge in [0.2, 0.25) is 0 Å². The van der Waals surface area contributed by atoms with Crippen molar-refractivity contribution in [1.29, 1.82) is 0 Å². The Labute approximate surface area is 133 Å². The second-order valence-electron chi connectivity index (χ2n) is 4.72. The van der Waals surface area contributed by atoms with Crippen LogP contribution in [0.5, 0.6) is 5.75 Å². The van der Waals surface area contributed by atoms with Gasteiger partial charge in [0.05, 0.1) is 13.2 Å². The Morgan fingerprint density at radius 2 is 2.10 bits per heavy atom. The van der Waals surface area contributed by atoms with Gasteiger partial charge in [-0.15, -0.1) is 11.3 Å². The molecule has 1 aromatic carbocycles. The first-order valence-corrected chi connectivity index (χ1v) is 8.39. The van der Waals surface area contributed by atoms with E-state index in [4.69, 9.17) is 4.74 Å². The summed E-state index contributed by atoms with van der Waals surface area (Å²) in [6, 6.07) is 10.8. The first-order chi connectivity index (χ1) is 9.65. The van der Waals surface area contributed by atoms with E-state index in [-0.39, 0.29) is 6.04 Å². The first-order valence-electron chi connectivity index (χ1n) is 6.79. The van der Waals surface area contributed by atoms with Crippen molar-refractivity contribution < 1.29 is 4.74 Å². The highest BCUT2D eigenvalue weighted by molar-refractivity contribution is 9.10. The van der Waals surface area contributed by atoms with E-state index in [9.17, 15) is 0 Å². The number of hydrogen-bond acceptors (Lipinski definition) is 3. The third-order valence-electron chi connectivity index (χ3n) is 3.16. The van der Waals surface area contributed by atoms with Crippen molar-refractivity contribution in [2.75, 3.05) is 13.7 Å². The predicted octanol–water partition coefficient (Wildman–Crippen LogP) is 4.92. The van der Waals surface area contributed by atoms with Gasteiger partial charge in [-0.2, -0.15) is 0 Å². The summed E-state index contributed by atoms with van der Waals surface area (Å²) in [4.78, 5) is 2.69. The lowest BCUT2D eigenvalue weighted by atomic mass is 10.0. The average Bonchev–Trinajstić information content (AvgIpc) is 2.87. The minimum atomic E-state index is 0.230. The summed E-state index contributed by atoms with van der Waals surface area (Å²) in [6.07, 6.45) is 1.12. The lowest BCUT2D eigenvalue weighted by Gasteiger charge is -2.19. The second-order valence-corrected chi connectivity index (χ2v) is 6.90. The fourth-order valence-corrected chi connectivity index (χ4v) is 3.69. The molecule has 20 heavy (non-hydrogen) atoms. The number of halogens is 1. The number of nitrogens with one attached hydrogen (secondary N) is 1. The van der Waals surface area contributed by atoms with Gasteiger partial charge in [0.15, 0.2) is 0 Å². The number of rotatable bonds is 6. The number of thiophene rings is 1. The minimum absolute atomic E-state index is 0.230. The van der Waals surface area contributed by atoms with Gasteiger partial charge in [-0.25, -0.2) is 0 Å². The molecule has 0 bridgehead atoms. The maximum Gasteiger partial charge on any atom is 0.120 e. The van der Waals surface area contributed by atoms with Crippen LogP contribution >= 0.6 is 27.3 Å². The summed E-state index contributed by atoms with van der Waals surface area (Å²) in [6.45, 7) is 5.33. The summed E-state index contributed by atoms with van der Waals surface area (Å²) in [5.74, 6) is 0.872. The van der Waals surface area contributed by atoms with Gasteiger partial charge in [-0.05, 0) is 49.7 Å². The van der Waals surface area contributed by atoms with E-state index in [0.29, 0.717) is 0 Å². The number of methoxy groups -OCH3 is 1. The van der Waals surface area contributed by atoms with Gasteiger partial charge in [0.25, 0.3) is 0 Å². The highest BCUT2D eigenvalue weighted by Crippen LogP contribution is 2.34. The number of aryl methyl sites for hydroxylation is 1. The average molecular weight is 354 g/mol. The fourth-order valence-electron chi connectivity index (χ4n) is 2.13. The van der Waals surface area contributed by atoms with Gasteiger partial charge < -0.3 is 10.1 Å². The molecule has 0 saturated heterocycles. The van der Waals surface area contributed by atoms with Crippen molar-refractivity contribution in [3.63, 3.8) is 0 Å². The van der Waals surface area contributed by atoms with E-state index in [1.165, 1.54) is 15.3 Å². The Bertz CT molecular complexity index is 567. The van der Waals surface area contributed by atoms with Gasteiger partial charge in [0.1, 0.15) is 5.75 Å². The van der Waals surface area contributed by atoms with Crippen LogP contribution in [0.3, 0.4) is 0 Å². The molecule has 108 valence electrons. The quantitative estimate of drug-likeness (QED) is 0.795. The van der Waals surface area contributed by atoms with Crippen molar-refractivity contribution in [2.24, 2.45) is 0 Å². The minimum Gasteiger partial charge on any atom is -0.497 e. The SMILES string of the molecule is CCCNC(c1ccc(C)s1)c1ccc(OC)cc1Br. The van der Waals surface area contributed by atoms with Crippen LogP contribution in [0.2, 0.25) is 0 Å². The zero-order valence-electron chi connectivity index (χ0n) is 12.1. The molecule has 0 spiro atoms. The van der Waals surface area contributed by atoms with Gasteiger partial charge in [-0.3, -0.25) is 0 Å². The van der Waals surface area contributed by atoms with Crippen LogP contribution in [0.15, 0.2) is 34.8 Å². The number of ether oxygens (including phenoxy) is 1. The van der Waals surface area contributed by atoms with Gasteiger partial charge >= 0.3 is 0 Å². The zero-order chi connectivity index (χ0) is 14.5. The van der Waals surface area contributed by atoms with E-state index >= 15 is 0 Å². The Kier molecular flexibility index (Phi) is 5.64. The van der Waals surface area contributed by atoms with Crippen LogP contribution < -0.4 is 10.1 Å². The molecule has 0 saturated carbocycles. The normalized spacial score (nSPS) is 12.4. The Morgan fingerprint density at radius 1 is 1.30 bits per heavy atom. The number of benzene rings is 1. The molecule has 0 aliphatic rings. The van der Waals surface area contributed by atoms with E-state index in [0.717, 1.165) is 23.2 Å². The van der Waals surface area contributed by atoms with E-state index in [1.807, 2.05) is 23.5 Å². The fraction of sp³-hybridized carbons (Fsp3) is 0.375. The molecule has 0 aliphatic carbocycles. The molecule has 1 unspecified atom stereocenters. The summed E-state index contributed by atoms with van der Waals surface area (Å²) in [7, 11) is 1.69. The largest absolute Gasteiger partial charge is 0.497 e. The molecule has 4 heteroatoms. The van der Waals surface area contributed by atoms with E-state index in [2.05, 4.69) is 53.3 Å². The molecule has 0 fully saturated rings. The van der Waals surface area contributed by atoms with Crippen molar-refractivity contribution in [3.8, 4) is 5.75 Å². The molecular formula is C16H20BrNOS. The molecule has 1 heterocycles. The predicted molar refractivity (Wildman–Crippen MR) is 89.9 cm³/mol. The standard InChI is InChI=1S/C16H20BrNOS/c1-4-9-18-16(15-8-5-11(2)20-15)13-7-6-12(19-3)10-14(13)17/h5-8,10,16,18H,4,9H2,1-3H3. The van der Waals surface area contributed by atoms with Crippen LogP contribution in [0, 0.1) is 6.92 Å². The Morgan fingerprint density at radius 3 is 2.65 bits per heavy atom. The molecular weight excluding hydrogens is 334 g/mol. The maximum absolute atomic E-state index is 5.27. The lowest BCUT2D eigenvalue weighted by molar-refractivity contribution is 0.414. The van der Waals surface area contributed by atoms with Gasteiger partial charge in [0, 0.05) is 14.2 Å². The highest BCUT2D eigenvalue weighted by atomic mass is 79.9. The summed E-state index contributed by atoms with van der Waals surface area (Å²) >= 11 is 5.51.